The van der Waals surface area contributed by atoms with Crippen LogP contribution in [0.15, 0.2) is 11.0 Å². The molecule has 0 saturated heterocycles. The third-order valence-electron chi connectivity index (χ3n) is 2.68. The lowest BCUT2D eigenvalue weighted by Gasteiger charge is -2.20. The number of nitrogens with one attached hydrogen (secondary N) is 1. The van der Waals surface area contributed by atoms with Crippen molar-refractivity contribution in [1.29, 1.82) is 0 Å². The van der Waals surface area contributed by atoms with E-state index in [1.54, 1.807) is 10.8 Å². The van der Waals surface area contributed by atoms with Gasteiger partial charge in [-0.1, -0.05) is 13.8 Å². The molecular weight excluding hydrogens is 216 g/mol. The maximum Gasteiger partial charge on any atom is 0.329 e. The second kappa shape index (κ2) is 3.68. The Morgan fingerprint density at radius 3 is 2.53 bits per heavy atom. The summed E-state index contributed by atoms with van der Waals surface area (Å²) < 4.78 is 1.65. The minimum Gasteiger partial charge on any atom is -0.289 e. The van der Waals surface area contributed by atoms with Gasteiger partial charge < -0.3 is 0 Å². The van der Waals surface area contributed by atoms with Crippen LogP contribution in [0.25, 0.3) is 11.3 Å². The van der Waals surface area contributed by atoms with E-state index in [0.29, 0.717) is 17.2 Å². The standard InChI is InChI=1S/C12H18N4O/c1-7(2)8-6-13-9-10(14-8)16(11(17)15-9)12(3,4)5/h6-7H,1-5H3,(H,13,15,17). The highest BCUT2D eigenvalue weighted by molar-refractivity contribution is 5.65. The minimum atomic E-state index is -0.306. The van der Waals surface area contributed by atoms with Gasteiger partial charge in [-0.3, -0.25) is 9.55 Å². The topological polar surface area (TPSA) is 63.6 Å². The molecule has 2 aromatic rings. The second-order valence-corrected chi connectivity index (χ2v) is 5.56. The van der Waals surface area contributed by atoms with Crippen molar-refractivity contribution in [3.63, 3.8) is 0 Å². The first kappa shape index (κ1) is 11.8. The average Bonchev–Trinajstić information content (AvgIpc) is 2.51. The molecule has 1 N–H and O–H groups in total. The Morgan fingerprint density at radius 2 is 2.00 bits per heavy atom. The predicted octanol–water partition coefficient (Wildman–Crippen LogP) is 2.00. The van der Waals surface area contributed by atoms with Crippen LogP contribution in [0, 0.1) is 0 Å². The van der Waals surface area contributed by atoms with Crippen LogP contribution >= 0.6 is 0 Å². The van der Waals surface area contributed by atoms with Gasteiger partial charge in [0.05, 0.1) is 11.9 Å². The molecule has 0 aromatic carbocycles. The average molecular weight is 234 g/mol. The Bertz CT molecular complexity index is 601. The van der Waals surface area contributed by atoms with Gasteiger partial charge >= 0.3 is 5.69 Å². The van der Waals surface area contributed by atoms with E-state index in [0.717, 1.165) is 5.69 Å². The predicted molar refractivity (Wildman–Crippen MR) is 67.2 cm³/mol. The molecule has 92 valence electrons. The van der Waals surface area contributed by atoms with Crippen LogP contribution in [-0.2, 0) is 5.54 Å². The Hall–Kier alpha value is -1.65. The molecule has 2 aromatic heterocycles. The monoisotopic (exact) mass is 234 g/mol. The van der Waals surface area contributed by atoms with Gasteiger partial charge in [0.2, 0.25) is 0 Å². The zero-order valence-electron chi connectivity index (χ0n) is 10.9. The van der Waals surface area contributed by atoms with E-state index in [1.165, 1.54) is 0 Å². The number of nitrogens with zero attached hydrogens (tertiary/aromatic N) is 3. The number of rotatable bonds is 1. The SMILES string of the molecule is CC(C)c1cnc2[nH]c(=O)n(C(C)(C)C)c2n1. The van der Waals surface area contributed by atoms with Gasteiger partial charge in [0.1, 0.15) is 0 Å². The lowest BCUT2D eigenvalue weighted by molar-refractivity contribution is 0.394. The van der Waals surface area contributed by atoms with Crippen LogP contribution in [0.2, 0.25) is 0 Å². The summed E-state index contributed by atoms with van der Waals surface area (Å²) in [7, 11) is 0. The van der Waals surface area contributed by atoms with Gasteiger partial charge in [-0.15, -0.1) is 0 Å². The summed E-state index contributed by atoms with van der Waals surface area (Å²) in [6.45, 7) is 10.0. The van der Waals surface area contributed by atoms with Crippen molar-refractivity contribution in [3.05, 3.63) is 22.4 Å². The fourth-order valence-electron chi connectivity index (χ4n) is 1.79. The zero-order chi connectivity index (χ0) is 12.8. The van der Waals surface area contributed by atoms with Crippen molar-refractivity contribution in [2.45, 2.75) is 46.1 Å². The molecule has 2 heterocycles. The lowest BCUT2D eigenvalue weighted by Crippen LogP contribution is -2.32. The molecule has 5 heteroatoms. The van der Waals surface area contributed by atoms with Crippen molar-refractivity contribution in [2.24, 2.45) is 0 Å². The summed E-state index contributed by atoms with van der Waals surface area (Å²) in [4.78, 5) is 23.4. The van der Waals surface area contributed by atoms with Crippen LogP contribution in [0.1, 0.15) is 46.2 Å². The fraction of sp³-hybridized carbons (Fsp3) is 0.583. The molecule has 17 heavy (non-hydrogen) atoms. The van der Waals surface area contributed by atoms with Gasteiger partial charge in [0, 0.05) is 5.54 Å². The zero-order valence-corrected chi connectivity index (χ0v) is 10.9. The first-order valence-corrected chi connectivity index (χ1v) is 5.79. The molecule has 0 spiro atoms. The molecule has 0 fully saturated rings. The Labute approximate surface area is 99.9 Å². The highest BCUT2D eigenvalue weighted by Crippen LogP contribution is 2.18. The summed E-state index contributed by atoms with van der Waals surface area (Å²) in [6, 6.07) is 0. The van der Waals surface area contributed by atoms with Crippen LogP contribution in [-0.4, -0.2) is 19.5 Å². The number of aromatic amines is 1. The van der Waals surface area contributed by atoms with Crippen molar-refractivity contribution in [1.82, 2.24) is 19.5 Å². The summed E-state index contributed by atoms with van der Waals surface area (Å²) in [5.41, 5.74) is 1.62. The number of hydrogen-bond donors (Lipinski definition) is 1. The molecule has 0 aliphatic rings. The fourth-order valence-corrected chi connectivity index (χ4v) is 1.79. The van der Waals surface area contributed by atoms with E-state index < -0.39 is 0 Å². The normalized spacial score (nSPS) is 12.6. The Kier molecular flexibility index (Phi) is 2.56. The van der Waals surface area contributed by atoms with E-state index >= 15 is 0 Å². The number of hydrogen-bond acceptors (Lipinski definition) is 3. The third kappa shape index (κ3) is 1.97. The van der Waals surface area contributed by atoms with Crippen molar-refractivity contribution in [3.8, 4) is 0 Å². The second-order valence-electron chi connectivity index (χ2n) is 5.56. The Balaban J connectivity index is 2.79. The first-order valence-electron chi connectivity index (χ1n) is 5.79. The third-order valence-corrected chi connectivity index (χ3v) is 2.68. The van der Waals surface area contributed by atoms with E-state index in [1.807, 2.05) is 20.8 Å². The van der Waals surface area contributed by atoms with Crippen LogP contribution < -0.4 is 5.69 Å². The number of H-pyrrole nitrogens is 1. The van der Waals surface area contributed by atoms with Crippen LogP contribution in [0.4, 0.5) is 0 Å². The molecular formula is C12H18N4O. The maximum absolute atomic E-state index is 11.9. The lowest BCUT2D eigenvalue weighted by atomic mass is 10.1. The molecule has 0 aliphatic carbocycles. The van der Waals surface area contributed by atoms with E-state index in [2.05, 4.69) is 28.8 Å². The molecule has 2 rings (SSSR count). The van der Waals surface area contributed by atoms with E-state index in [-0.39, 0.29) is 11.2 Å². The molecule has 0 atom stereocenters. The Morgan fingerprint density at radius 1 is 1.35 bits per heavy atom. The van der Waals surface area contributed by atoms with Gasteiger partial charge in [0.15, 0.2) is 11.3 Å². The molecule has 0 radical (unpaired) electrons. The van der Waals surface area contributed by atoms with E-state index in [9.17, 15) is 4.79 Å². The minimum absolute atomic E-state index is 0.159. The highest BCUT2D eigenvalue weighted by Gasteiger charge is 2.21. The van der Waals surface area contributed by atoms with Crippen molar-refractivity contribution < 1.29 is 0 Å². The molecule has 5 nitrogen and oxygen atoms in total. The van der Waals surface area contributed by atoms with Gasteiger partial charge in [-0.2, -0.15) is 0 Å². The number of aromatic nitrogens is 4. The number of fused-ring (bicyclic) bond motifs is 1. The quantitative estimate of drug-likeness (QED) is 0.820. The van der Waals surface area contributed by atoms with Crippen molar-refractivity contribution in [2.75, 3.05) is 0 Å². The summed E-state index contributed by atoms with van der Waals surface area (Å²) in [5.74, 6) is 0.297. The van der Waals surface area contributed by atoms with Gasteiger partial charge in [-0.05, 0) is 26.7 Å². The largest absolute Gasteiger partial charge is 0.329 e. The molecule has 0 saturated carbocycles. The van der Waals surface area contributed by atoms with Gasteiger partial charge in [0.25, 0.3) is 0 Å². The van der Waals surface area contributed by atoms with Crippen molar-refractivity contribution >= 4 is 11.3 Å². The number of imidazole rings is 1. The smallest absolute Gasteiger partial charge is 0.289 e. The summed E-state index contributed by atoms with van der Waals surface area (Å²) >= 11 is 0. The van der Waals surface area contributed by atoms with Crippen LogP contribution in [0.5, 0.6) is 0 Å². The van der Waals surface area contributed by atoms with Gasteiger partial charge in [-0.25, -0.2) is 14.8 Å². The molecule has 0 amide bonds. The first-order chi connectivity index (χ1) is 7.80. The molecule has 0 unspecified atom stereocenters. The highest BCUT2D eigenvalue weighted by atomic mass is 16.1. The van der Waals surface area contributed by atoms with E-state index in [4.69, 9.17) is 0 Å². The maximum atomic E-state index is 11.9. The van der Waals surface area contributed by atoms with Crippen LogP contribution in [0.3, 0.4) is 0 Å². The molecule has 0 aliphatic heterocycles. The summed E-state index contributed by atoms with van der Waals surface area (Å²) in [5, 5.41) is 0. The molecule has 0 bridgehead atoms. The summed E-state index contributed by atoms with van der Waals surface area (Å²) in [6.07, 6.45) is 1.72.